The number of amides is 5. The molecule has 0 unspecified atom stereocenters. The minimum Gasteiger partial charge on any atom is -0.520 e. The molecule has 4 heterocycles. The molecule has 5 atom stereocenters. The summed E-state index contributed by atoms with van der Waals surface area (Å²) in [5, 5.41) is 14.7. The standard InChI is InChI=1S/C38H46N9O5.U/c1-22(2)32(42-21-49)36(50)46-16-4-6-30(46)34-40-18-28(43-34)26-12-8-24(9-13-26)25-10-14-27(15-11-25)29-19-41-35(44-29)31-7-5-17-47(31)37(51)33(23(3)20-48)45-38(39)52;/h8-15,18-19,22-23,30-33,48H,4-7,16-17,20H2,1-3H3,(H,40,43)(H,41,44)(H,42,49)(H3,39,45,52);/q-1;/t23-,30-,31-,32-,33-;/m0./s1. The van der Waals surface area contributed by atoms with Crippen LogP contribution in [0.25, 0.3) is 33.6 Å². The number of aliphatic hydroxyl groups excluding tert-OH is 1. The van der Waals surface area contributed by atoms with E-state index in [0.29, 0.717) is 18.9 Å². The Morgan fingerprint density at radius 1 is 0.811 bits per heavy atom. The molecule has 2 aliphatic rings. The molecule has 2 fully saturated rings. The number of aliphatic hydroxyl groups is 1. The molecule has 7 N–H and O–H groups in total. The number of nitrogens with zero attached hydrogens (tertiary/aromatic N) is 4. The van der Waals surface area contributed by atoms with E-state index in [1.807, 2.05) is 50.2 Å². The molecular formula is C38H46N9O5U-. The van der Waals surface area contributed by atoms with E-state index in [2.05, 4.69) is 42.7 Å². The number of urea groups is 1. The van der Waals surface area contributed by atoms with Gasteiger partial charge in [0.25, 0.3) is 0 Å². The van der Waals surface area contributed by atoms with E-state index in [0.717, 1.165) is 65.1 Å². The summed E-state index contributed by atoms with van der Waals surface area (Å²) in [6.45, 7) is 6.36. The molecule has 15 heteroatoms. The molecule has 0 radical (unpaired) electrons. The number of primary amides is 1. The van der Waals surface area contributed by atoms with Crippen LogP contribution in [-0.4, -0.2) is 90.9 Å². The second-order valence-electron chi connectivity index (χ2n) is 14.0. The number of carbonyl (C=O) groups excluding carboxylic acids is 4. The summed E-state index contributed by atoms with van der Waals surface area (Å²) in [6.07, 6.45) is 8.41. The number of imidazole rings is 2. The van der Waals surface area contributed by atoms with E-state index in [4.69, 9.17) is 5.73 Å². The van der Waals surface area contributed by atoms with Crippen molar-refractivity contribution in [2.45, 2.75) is 70.6 Å². The van der Waals surface area contributed by atoms with Gasteiger partial charge in [-0.05, 0) is 53.9 Å². The fourth-order valence-corrected chi connectivity index (χ4v) is 7.26. The number of rotatable bonds is 13. The van der Waals surface area contributed by atoms with Gasteiger partial charge >= 0.3 is 6.03 Å². The predicted molar refractivity (Wildman–Crippen MR) is 195 cm³/mol. The van der Waals surface area contributed by atoms with Crippen molar-refractivity contribution >= 4 is 24.3 Å². The fourth-order valence-electron chi connectivity index (χ4n) is 7.26. The molecule has 0 bridgehead atoms. The minimum absolute atomic E-state index is 0. The molecule has 6 rings (SSSR count). The summed E-state index contributed by atoms with van der Waals surface area (Å²) in [5.41, 5.74) is 11.0. The fraction of sp³-hybridized carbons (Fsp3) is 0.421. The smallest absolute Gasteiger partial charge is 0.312 e. The Kier molecular flexibility index (Phi) is 13.2. The third-order valence-corrected chi connectivity index (χ3v) is 10.2. The number of hydrogen-bond acceptors (Lipinski definition) is 7. The molecule has 2 aromatic heterocycles. The maximum absolute atomic E-state index is 13.4. The zero-order chi connectivity index (χ0) is 36.9. The predicted octanol–water partition coefficient (Wildman–Crippen LogP) is 3.81. The number of H-pyrrole nitrogens is 2. The van der Waals surface area contributed by atoms with E-state index in [9.17, 15) is 24.3 Å². The van der Waals surface area contributed by atoms with Crippen molar-refractivity contribution in [1.29, 1.82) is 0 Å². The first-order chi connectivity index (χ1) is 25.1. The summed E-state index contributed by atoms with van der Waals surface area (Å²) in [7, 11) is 0. The Hall–Kier alpha value is -4.45. The quantitative estimate of drug-likeness (QED) is 0.0865. The Morgan fingerprint density at radius 2 is 1.25 bits per heavy atom. The number of benzene rings is 2. The SMILES string of the molecule is CC(C)[C@H](N[C-]=O)C(=O)N1CCC[C@H]1c1ncc(-c2ccc(-c3ccc(-c4cnc([C@@H]5CCCN5C(=O)[C@@H](NC(N)=O)[C@@H](C)CO)[nH]4)cc3)cc2)[nH]1.[U]. The van der Waals surface area contributed by atoms with Crippen LogP contribution in [0.15, 0.2) is 60.9 Å². The van der Waals surface area contributed by atoms with Gasteiger partial charge in [-0.3, -0.25) is 9.59 Å². The Bertz CT molecular complexity index is 1880. The van der Waals surface area contributed by atoms with Gasteiger partial charge < -0.3 is 46.0 Å². The molecule has 53 heavy (non-hydrogen) atoms. The first-order valence-corrected chi connectivity index (χ1v) is 17.8. The van der Waals surface area contributed by atoms with Gasteiger partial charge in [-0.1, -0.05) is 69.3 Å². The van der Waals surface area contributed by atoms with Crippen LogP contribution in [0, 0.1) is 42.9 Å². The molecular weight excluding hydrogens is 901 g/mol. The monoisotopic (exact) mass is 946 g/mol. The first-order valence-electron chi connectivity index (χ1n) is 17.8. The van der Waals surface area contributed by atoms with Crippen LogP contribution in [0.3, 0.4) is 0 Å². The molecule has 2 aromatic carbocycles. The van der Waals surface area contributed by atoms with Crippen LogP contribution in [0.1, 0.15) is 70.2 Å². The summed E-state index contributed by atoms with van der Waals surface area (Å²) in [6, 6.07) is 13.5. The number of hydrogen-bond donors (Lipinski definition) is 6. The zero-order valence-electron chi connectivity index (χ0n) is 30.1. The molecule has 278 valence electrons. The van der Waals surface area contributed by atoms with Crippen LogP contribution >= 0.6 is 0 Å². The van der Waals surface area contributed by atoms with E-state index in [1.165, 1.54) is 0 Å². The van der Waals surface area contributed by atoms with Gasteiger partial charge in [0.15, 0.2) is 0 Å². The molecule has 2 saturated heterocycles. The Labute approximate surface area is 332 Å². The van der Waals surface area contributed by atoms with Gasteiger partial charge in [0.05, 0.1) is 41.9 Å². The maximum Gasteiger partial charge on any atom is 0.312 e. The minimum atomic E-state index is -0.925. The number of nitrogens with one attached hydrogen (secondary N) is 4. The molecule has 5 amide bonds. The van der Waals surface area contributed by atoms with Crippen LogP contribution in [0.2, 0.25) is 0 Å². The number of likely N-dealkylation sites (tertiary alicyclic amines) is 2. The molecule has 0 spiro atoms. The third-order valence-electron chi connectivity index (χ3n) is 10.2. The topological polar surface area (TPSA) is 202 Å². The number of aromatic nitrogens is 4. The summed E-state index contributed by atoms with van der Waals surface area (Å²) in [5.74, 6) is 0.432. The molecule has 0 aliphatic carbocycles. The van der Waals surface area contributed by atoms with Crippen LogP contribution < -0.4 is 16.4 Å². The second kappa shape index (κ2) is 17.6. The summed E-state index contributed by atoms with van der Waals surface area (Å²) < 4.78 is 0. The van der Waals surface area contributed by atoms with Crippen molar-refractivity contribution in [2.75, 3.05) is 19.7 Å². The Morgan fingerprint density at radius 3 is 1.64 bits per heavy atom. The average molecular weight is 947 g/mol. The van der Waals surface area contributed by atoms with Crippen molar-refractivity contribution in [3.63, 3.8) is 0 Å². The molecule has 2 aliphatic heterocycles. The summed E-state index contributed by atoms with van der Waals surface area (Å²) in [4.78, 5) is 68.9. The van der Waals surface area contributed by atoms with E-state index in [1.54, 1.807) is 35.5 Å². The number of aromatic amines is 2. The van der Waals surface area contributed by atoms with Gasteiger partial charge in [0, 0.05) is 56.7 Å². The van der Waals surface area contributed by atoms with Crippen LogP contribution in [-0.2, 0) is 14.4 Å². The molecule has 4 aromatic rings. The zero-order valence-corrected chi connectivity index (χ0v) is 34.3. The third kappa shape index (κ3) is 8.69. The van der Waals surface area contributed by atoms with E-state index >= 15 is 0 Å². The van der Waals surface area contributed by atoms with Crippen molar-refractivity contribution < 1.29 is 55.4 Å². The first kappa shape index (κ1) is 39.8. The van der Waals surface area contributed by atoms with Gasteiger partial charge in [0.2, 0.25) is 11.8 Å². The van der Waals surface area contributed by atoms with E-state index < -0.39 is 24.0 Å². The van der Waals surface area contributed by atoms with E-state index in [-0.39, 0.29) is 67.5 Å². The van der Waals surface area contributed by atoms with Gasteiger partial charge in [-0.2, -0.15) is 6.41 Å². The summed E-state index contributed by atoms with van der Waals surface area (Å²) >= 11 is 0. The van der Waals surface area contributed by atoms with Crippen LogP contribution in [0.5, 0.6) is 0 Å². The maximum atomic E-state index is 13.4. The van der Waals surface area contributed by atoms with Crippen molar-refractivity contribution in [3.8, 4) is 33.6 Å². The van der Waals surface area contributed by atoms with Crippen molar-refractivity contribution in [2.24, 2.45) is 17.6 Å². The van der Waals surface area contributed by atoms with Gasteiger partial charge in [0.1, 0.15) is 17.7 Å². The van der Waals surface area contributed by atoms with Gasteiger partial charge in [-0.15, -0.1) is 0 Å². The molecule has 0 saturated carbocycles. The van der Waals surface area contributed by atoms with Crippen LogP contribution in [0.4, 0.5) is 4.79 Å². The van der Waals surface area contributed by atoms with Crippen molar-refractivity contribution in [1.82, 2.24) is 40.4 Å². The second-order valence-corrected chi connectivity index (χ2v) is 14.0. The van der Waals surface area contributed by atoms with Gasteiger partial charge in [-0.25, -0.2) is 14.8 Å². The number of carbonyl (C=O) groups is 3. The van der Waals surface area contributed by atoms with Crippen molar-refractivity contribution in [3.05, 3.63) is 72.6 Å². The largest absolute Gasteiger partial charge is 0.520 e. The number of nitrogens with two attached hydrogens (primary N) is 1. The average Bonchev–Trinajstić information content (AvgIpc) is 3.98. The normalized spacial score (nSPS) is 18.7. The molecule has 14 nitrogen and oxygen atoms in total. The Balaban J connectivity index is 0.00000541.